The Morgan fingerprint density at radius 3 is 2.97 bits per heavy atom. The number of aliphatic hydroxyl groups excluding tert-OH is 1. The predicted octanol–water partition coefficient (Wildman–Crippen LogP) is 2.00. The third-order valence-corrected chi connectivity index (χ3v) is 5.05. The number of hydrogen-bond acceptors (Lipinski definition) is 6. The summed E-state index contributed by atoms with van der Waals surface area (Å²) in [7, 11) is 1.60. The molecule has 0 bridgehead atoms. The summed E-state index contributed by atoms with van der Waals surface area (Å²) < 4.78 is 10.8. The molecule has 0 saturated carbocycles. The van der Waals surface area contributed by atoms with Crippen LogP contribution in [-0.2, 0) is 11.3 Å². The average molecular weight is 399 g/mol. The summed E-state index contributed by atoms with van der Waals surface area (Å²) in [6, 6.07) is 11.3. The van der Waals surface area contributed by atoms with Gasteiger partial charge in [0.1, 0.15) is 24.2 Å². The van der Waals surface area contributed by atoms with E-state index in [0.717, 1.165) is 31.5 Å². The van der Waals surface area contributed by atoms with E-state index >= 15 is 0 Å². The van der Waals surface area contributed by atoms with Crippen LogP contribution in [0.3, 0.4) is 0 Å². The lowest BCUT2D eigenvalue weighted by Crippen LogP contribution is -2.42. The van der Waals surface area contributed by atoms with Gasteiger partial charge in [-0.25, -0.2) is 0 Å². The molecule has 29 heavy (non-hydrogen) atoms. The van der Waals surface area contributed by atoms with E-state index in [1.165, 1.54) is 0 Å². The second-order valence-electron chi connectivity index (χ2n) is 7.21. The van der Waals surface area contributed by atoms with Crippen LogP contribution in [0.25, 0.3) is 0 Å². The van der Waals surface area contributed by atoms with E-state index in [9.17, 15) is 9.90 Å². The number of hydrogen-bond donors (Lipinski definition) is 2. The van der Waals surface area contributed by atoms with Crippen molar-refractivity contribution in [2.24, 2.45) is 0 Å². The van der Waals surface area contributed by atoms with Crippen molar-refractivity contribution in [3.8, 4) is 11.5 Å². The van der Waals surface area contributed by atoms with E-state index in [2.05, 4.69) is 10.3 Å². The maximum Gasteiger partial charge on any atom is 0.222 e. The summed E-state index contributed by atoms with van der Waals surface area (Å²) >= 11 is 0. The minimum Gasteiger partial charge on any atom is -0.497 e. The smallest absolute Gasteiger partial charge is 0.222 e. The average Bonchev–Trinajstić information content (AvgIpc) is 3.10. The zero-order valence-corrected chi connectivity index (χ0v) is 16.8. The molecule has 2 N–H and O–H groups in total. The van der Waals surface area contributed by atoms with Gasteiger partial charge in [0.25, 0.3) is 0 Å². The number of nitrogens with zero attached hydrogens (tertiary/aromatic N) is 2. The summed E-state index contributed by atoms with van der Waals surface area (Å²) in [6.07, 6.45) is 5.09. The number of ether oxygens (including phenoxy) is 2. The van der Waals surface area contributed by atoms with Gasteiger partial charge in [0, 0.05) is 37.5 Å². The molecule has 0 radical (unpaired) electrons. The molecular formula is C22H29N3O4. The van der Waals surface area contributed by atoms with E-state index < -0.39 is 6.10 Å². The van der Waals surface area contributed by atoms with E-state index in [1.54, 1.807) is 24.3 Å². The van der Waals surface area contributed by atoms with E-state index in [1.807, 2.05) is 36.5 Å². The van der Waals surface area contributed by atoms with Crippen LogP contribution in [0.4, 0.5) is 0 Å². The second-order valence-corrected chi connectivity index (χ2v) is 7.21. The maximum atomic E-state index is 12.3. The molecule has 0 spiro atoms. The van der Waals surface area contributed by atoms with Crippen molar-refractivity contribution >= 4 is 5.91 Å². The largest absolute Gasteiger partial charge is 0.497 e. The van der Waals surface area contributed by atoms with Gasteiger partial charge in [-0.1, -0.05) is 12.1 Å². The third-order valence-electron chi connectivity index (χ3n) is 5.05. The van der Waals surface area contributed by atoms with E-state index in [-0.39, 0.29) is 25.1 Å². The van der Waals surface area contributed by atoms with Gasteiger partial charge in [-0.3, -0.25) is 9.78 Å². The molecule has 1 aromatic heterocycles. The van der Waals surface area contributed by atoms with Gasteiger partial charge >= 0.3 is 0 Å². The number of likely N-dealkylation sites (tertiary alicyclic amines) is 1. The fraction of sp³-hybridized carbons (Fsp3) is 0.455. The van der Waals surface area contributed by atoms with Gasteiger partial charge in [0.2, 0.25) is 5.91 Å². The molecule has 2 heterocycles. The first kappa shape index (κ1) is 21.1. The molecule has 2 atom stereocenters. The molecule has 1 aliphatic heterocycles. The van der Waals surface area contributed by atoms with E-state index in [4.69, 9.17) is 9.47 Å². The monoisotopic (exact) mass is 399 g/mol. The van der Waals surface area contributed by atoms with Crippen molar-refractivity contribution in [3.63, 3.8) is 0 Å². The quantitative estimate of drug-likeness (QED) is 0.563. The summed E-state index contributed by atoms with van der Waals surface area (Å²) in [5, 5.41) is 13.8. The van der Waals surface area contributed by atoms with Crippen molar-refractivity contribution in [1.29, 1.82) is 0 Å². The number of amides is 1. The summed E-state index contributed by atoms with van der Waals surface area (Å²) in [4.78, 5) is 18.2. The Hall–Kier alpha value is -2.64. The third kappa shape index (κ3) is 6.44. The number of rotatable bonds is 11. The number of benzene rings is 1. The molecule has 2 unspecified atom stereocenters. The number of aromatic nitrogens is 1. The number of carbonyl (C=O) groups excluding carboxylic acids is 1. The Labute approximate surface area is 171 Å². The van der Waals surface area contributed by atoms with Crippen LogP contribution >= 0.6 is 0 Å². The molecule has 7 heteroatoms. The predicted molar refractivity (Wildman–Crippen MR) is 110 cm³/mol. The summed E-state index contributed by atoms with van der Waals surface area (Å²) in [5.74, 6) is 1.43. The molecule has 1 fully saturated rings. The number of carbonyl (C=O) groups is 1. The molecule has 156 valence electrons. The lowest BCUT2D eigenvalue weighted by molar-refractivity contribution is -0.130. The molecule has 1 amide bonds. The van der Waals surface area contributed by atoms with Crippen molar-refractivity contribution in [3.05, 3.63) is 54.4 Å². The van der Waals surface area contributed by atoms with Gasteiger partial charge in [-0.2, -0.15) is 0 Å². The Kier molecular flexibility index (Phi) is 7.84. The minimum absolute atomic E-state index is 0.0997. The highest BCUT2D eigenvalue weighted by Crippen LogP contribution is 2.22. The topological polar surface area (TPSA) is 83.9 Å². The number of methoxy groups -OCH3 is 1. The molecule has 2 aromatic rings. The first-order valence-corrected chi connectivity index (χ1v) is 9.99. The van der Waals surface area contributed by atoms with Crippen LogP contribution in [0.1, 0.15) is 24.8 Å². The molecule has 1 saturated heterocycles. The molecule has 0 aliphatic carbocycles. The van der Waals surface area contributed by atoms with Crippen molar-refractivity contribution in [1.82, 2.24) is 15.2 Å². The van der Waals surface area contributed by atoms with Crippen molar-refractivity contribution < 1.29 is 19.4 Å². The van der Waals surface area contributed by atoms with Crippen LogP contribution < -0.4 is 14.8 Å². The molecular weight excluding hydrogens is 370 g/mol. The fourth-order valence-corrected chi connectivity index (χ4v) is 3.51. The highest BCUT2D eigenvalue weighted by molar-refractivity contribution is 5.78. The minimum atomic E-state index is -0.742. The number of nitrogens with one attached hydrogen (secondary N) is 1. The second kappa shape index (κ2) is 10.8. The number of β-amino-alcohol motifs (C(OH)–C–C–N with tert-alkyl or cyclic N) is 1. The Morgan fingerprint density at radius 2 is 2.17 bits per heavy atom. The Morgan fingerprint density at radius 1 is 1.31 bits per heavy atom. The first-order chi connectivity index (χ1) is 14.2. The molecule has 1 aliphatic rings. The lowest BCUT2D eigenvalue weighted by atomic mass is 10.1. The zero-order chi connectivity index (χ0) is 20.5. The standard InChI is InChI=1S/C22H29N3O4/c1-28-20-5-2-6-21(12-20)29-16-19(26)15-25-18(7-8-22(25)27)9-11-24-14-17-4-3-10-23-13-17/h2-6,10,12-13,18-19,24,26H,7-9,11,14-16H2,1H3. The Balaban J connectivity index is 1.41. The number of aliphatic hydroxyl groups is 1. The maximum absolute atomic E-state index is 12.3. The Bertz CT molecular complexity index is 772. The van der Waals surface area contributed by atoms with Crippen LogP contribution in [0, 0.1) is 0 Å². The van der Waals surface area contributed by atoms with Gasteiger partial charge in [-0.05, 0) is 43.1 Å². The molecule has 7 nitrogen and oxygen atoms in total. The highest BCUT2D eigenvalue weighted by atomic mass is 16.5. The van der Waals surface area contributed by atoms with Crippen LogP contribution in [-0.4, -0.2) is 59.8 Å². The number of pyridine rings is 1. The molecule has 3 rings (SSSR count). The molecule has 1 aromatic carbocycles. The van der Waals surface area contributed by atoms with Gasteiger partial charge in [-0.15, -0.1) is 0 Å². The van der Waals surface area contributed by atoms with Crippen molar-refractivity contribution in [2.45, 2.75) is 38.0 Å². The van der Waals surface area contributed by atoms with Gasteiger partial charge in [0.05, 0.1) is 13.7 Å². The van der Waals surface area contributed by atoms with Crippen LogP contribution in [0.5, 0.6) is 11.5 Å². The van der Waals surface area contributed by atoms with Crippen LogP contribution in [0.15, 0.2) is 48.8 Å². The highest BCUT2D eigenvalue weighted by Gasteiger charge is 2.31. The lowest BCUT2D eigenvalue weighted by Gasteiger charge is -2.27. The first-order valence-electron chi connectivity index (χ1n) is 9.99. The summed E-state index contributed by atoms with van der Waals surface area (Å²) in [5.41, 5.74) is 1.14. The SMILES string of the molecule is COc1cccc(OCC(O)CN2C(=O)CCC2CCNCc2cccnc2)c1. The van der Waals surface area contributed by atoms with Crippen molar-refractivity contribution in [2.75, 3.05) is 26.8 Å². The van der Waals surface area contributed by atoms with Crippen LogP contribution in [0.2, 0.25) is 0 Å². The van der Waals surface area contributed by atoms with Gasteiger partial charge < -0.3 is 24.8 Å². The van der Waals surface area contributed by atoms with E-state index in [0.29, 0.717) is 17.9 Å². The zero-order valence-electron chi connectivity index (χ0n) is 16.8. The normalized spacial score (nSPS) is 17.4. The summed E-state index contributed by atoms with van der Waals surface area (Å²) in [6.45, 7) is 1.98. The van der Waals surface area contributed by atoms with Gasteiger partial charge in [0.15, 0.2) is 0 Å². The fourth-order valence-electron chi connectivity index (χ4n) is 3.51.